The molecule has 0 spiro atoms. The summed E-state index contributed by atoms with van der Waals surface area (Å²) in [6.45, 7) is 0.0777. The van der Waals surface area contributed by atoms with Crippen molar-refractivity contribution in [3.05, 3.63) is 24.3 Å². The van der Waals surface area contributed by atoms with Gasteiger partial charge in [0.05, 0.1) is 13.7 Å². The maximum absolute atomic E-state index is 12.2. The monoisotopic (exact) mass is 346 g/mol. The topological polar surface area (TPSA) is 58.6 Å². The fourth-order valence-corrected chi connectivity index (χ4v) is 3.39. The summed E-state index contributed by atoms with van der Waals surface area (Å²) in [7, 11) is 3.29. The quantitative estimate of drug-likeness (QED) is 0.778. The van der Waals surface area contributed by atoms with Crippen LogP contribution in [0.4, 0.5) is 5.69 Å². The molecule has 2 rings (SSSR count). The van der Waals surface area contributed by atoms with Gasteiger partial charge in [-0.25, -0.2) is 0 Å². The molecule has 1 aliphatic rings. The SMILES string of the molecule is COc1ccc(NC(=O)CN(C)C(=O)CCCC2CCCCC2)cc1. The Kier molecular flexibility index (Phi) is 7.76. The van der Waals surface area contributed by atoms with Gasteiger partial charge in [0.15, 0.2) is 0 Å². The van der Waals surface area contributed by atoms with E-state index < -0.39 is 0 Å². The lowest BCUT2D eigenvalue weighted by Crippen LogP contribution is -2.34. The minimum Gasteiger partial charge on any atom is -0.497 e. The lowest BCUT2D eigenvalue weighted by atomic mass is 9.86. The van der Waals surface area contributed by atoms with Gasteiger partial charge in [-0.2, -0.15) is 0 Å². The van der Waals surface area contributed by atoms with Crippen LogP contribution in [0.3, 0.4) is 0 Å². The Morgan fingerprint density at radius 1 is 1.16 bits per heavy atom. The summed E-state index contributed by atoms with van der Waals surface area (Å²) in [5.41, 5.74) is 0.698. The highest BCUT2D eigenvalue weighted by Crippen LogP contribution is 2.27. The predicted molar refractivity (Wildman–Crippen MR) is 99.7 cm³/mol. The van der Waals surface area contributed by atoms with Gasteiger partial charge in [-0.3, -0.25) is 9.59 Å². The first-order chi connectivity index (χ1) is 12.1. The molecule has 1 aromatic carbocycles. The van der Waals surface area contributed by atoms with Gasteiger partial charge in [0.25, 0.3) is 0 Å². The first kappa shape index (κ1) is 19.3. The molecule has 0 heterocycles. The van der Waals surface area contributed by atoms with Crippen molar-refractivity contribution in [2.45, 2.75) is 51.4 Å². The standard InChI is InChI=1S/C20H30N2O3/c1-22(20(24)10-6-9-16-7-4-3-5-8-16)15-19(23)21-17-11-13-18(25-2)14-12-17/h11-14,16H,3-10,15H2,1-2H3,(H,21,23). The molecule has 1 aliphatic carbocycles. The number of nitrogens with zero attached hydrogens (tertiary/aromatic N) is 1. The smallest absolute Gasteiger partial charge is 0.243 e. The number of hydrogen-bond donors (Lipinski definition) is 1. The second kappa shape index (κ2) is 10.1. The summed E-state index contributed by atoms with van der Waals surface area (Å²) in [5, 5.41) is 2.80. The van der Waals surface area contributed by atoms with E-state index in [1.165, 1.54) is 37.0 Å². The molecule has 5 nitrogen and oxygen atoms in total. The normalized spacial score (nSPS) is 14.8. The summed E-state index contributed by atoms with van der Waals surface area (Å²) in [4.78, 5) is 25.8. The highest BCUT2D eigenvalue weighted by atomic mass is 16.5. The first-order valence-corrected chi connectivity index (χ1v) is 9.26. The Hall–Kier alpha value is -2.04. The lowest BCUT2D eigenvalue weighted by Gasteiger charge is -2.22. The molecule has 0 aromatic heterocycles. The number of amides is 2. The molecule has 0 aliphatic heterocycles. The maximum atomic E-state index is 12.2. The summed E-state index contributed by atoms with van der Waals surface area (Å²) in [6.07, 6.45) is 9.26. The number of carbonyl (C=O) groups is 2. The van der Waals surface area contributed by atoms with Crippen LogP contribution in [0, 0.1) is 5.92 Å². The molecule has 138 valence electrons. The predicted octanol–water partition coefficient (Wildman–Crippen LogP) is 3.84. The molecule has 25 heavy (non-hydrogen) atoms. The van der Waals surface area contributed by atoms with E-state index in [1.807, 2.05) is 0 Å². The third kappa shape index (κ3) is 6.77. The lowest BCUT2D eigenvalue weighted by molar-refractivity contribution is -0.133. The molecule has 5 heteroatoms. The molecular weight excluding hydrogens is 316 g/mol. The number of ether oxygens (including phenoxy) is 1. The Balaban J connectivity index is 1.67. The number of methoxy groups -OCH3 is 1. The van der Waals surface area contributed by atoms with Gasteiger partial charge in [-0.1, -0.05) is 32.1 Å². The van der Waals surface area contributed by atoms with E-state index >= 15 is 0 Å². The highest BCUT2D eigenvalue weighted by molar-refractivity contribution is 5.94. The van der Waals surface area contributed by atoms with Gasteiger partial charge < -0.3 is 15.0 Å². The van der Waals surface area contributed by atoms with Crippen molar-refractivity contribution in [2.24, 2.45) is 5.92 Å². The Labute approximate surface area is 150 Å². The van der Waals surface area contributed by atoms with Crippen LogP contribution in [0.5, 0.6) is 5.75 Å². The molecule has 2 amide bonds. The molecule has 0 saturated heterocycles. The third-order valence-electron chi connectivity index (χ3n) is 4.91. The zero-order valence-corrected chi connectivity index (χ0v) is 15.4. The molecule has 0 unspecified atom stereocenters. The van der Waals surface area contributed by atoms with Gasteiger partial charge in [0, 0.05) is 19.2 Å². The van der Waals surface area contributed by atoms with E-state index in [0.29, 0.717) is 12.1 Å². The van der Waals surface area contributed by atoms with E-state index in [0.717, 1.165) is 24.5 Å². The number of nitrogens with one attached hydrogen (secondary N) is 1. The van der Waals surface area contributed by atoms with Gasteiger partial charge in [0.1, 0.15) is 5.75 Å². The minimum atomic E-state index is -0.187. The molecule has 1 aromatic rings. The molecule has 0 bridgehead atoms. The molecular formula is C20H30N2O3. The second-order valence-corrected chi connectivity index (χ2v) is 6.92. The largest absolute Gasteiger partial charge is 0.497 e. The van der Waals surface area contributed by atoms with E-state index in [9.17, 15) is 9.59 Å². The molecule has 1 saturated carbocycles. The summed E-state index contributed by atoms with van der Waals surface area (Å²) in [6, 6.07) is 7.14. The van der Waals surface area contributed by atoms with Gasteiger partial charge in [0.2, 0.25) is 11.8 Å². The molecule has 1 fully saturated rings. The number of rotatable bonds is 8. The third-order valence-corrected chi connectivity index (χ3v) is 4.91. The van der Waals surface area contributed by atoms with Gasteiger partial charge >= 0.3 is 0 Å². The Morgan fingerprint density at radius 3 is 2.48 bits per heavy atom. The number of anilines is 1. The second-order valence-electron chi connectivity index (χ2n) is 6.92. The van der Waals surface area contributed by atoms with Crippen LogP contribution in [0.15, 0.2) is 24.3 Å². The Bertz CT molecular complexity index is 551. The highest BCUT2D eigenvalue weighted by Gasteiger charge is 2.16. The van der Waals surface area contributed by atoms with Crippen LogP contribution in [0.1, 0.15) is 51.4 Å². The fraction of sp³-hybridized carbons (Fsp3) is 0.600. The van der Waals surface area contributed by atoms with E-state index in [-0.39, 0.29) is 18.4 Å². The van der Waals surface area contributed by atoms with Crippen molar-refractivity contribution in [2.75, 3.05) is 26.0 Å². The summed E-state index contributed by atoms with van der Waals surface area (Å²) in [5.74, 6) is 1.39. The van der Waals surface area contributed by atoms with Crippen LogP contribution in [-0.4, -0.2) is 37.4 Å². The average molecular weight is 346 g/mol. The summed E-state index contributed by atoms with van der Waals surface area (Å²) < 4.78 is 5.09. The van der Waals surface area contributed by atoms with Gasteiger partial charge in [-0.05, 0) is 43.0 Å². The first-order valence-electron chi connectivity index (χ1n) is 9.26. The van der Waals surface area contributed by atoms with Crippen molar-refractivity contribution in [3.63, 3.8) is 0 Å². The van der Waals surface area contributed by atoms with Crippen LogP contribution < -0.4 is 10.1 Å². The number of hydrogen-bond acceptors (Lipinski definition) is 3. The molecule has 1 N–H and O–H groups in total. The number of benzene rings is 1. The molecule has 0 atom stereocenters. The van der Waals surface area contributed by atoms with E-state index in [1.54, 1.807) is 38.4 Å². The summed E-state index contributed by atoms with van der Waals surface area (Å²) >= 11 is 0. The van der Waals surface area contributed by atoms with Crippen molar-refractivity contribution in [3.8, 4) is 5.75 Å². The van der Waals surface area contributed by atoms with E-state index in [4.69, 9.17) is 4.74 Å². The maximum Gasteiger partial charge on any atom is 0.243 e. The number of likely N-dealkylation sites (N-methyl/N-ethyl adjacent to an activating group) is 1. The van der Waals surface area contributed by atoms with Crippen molar-refractivity contribution in [1.29, 1.82) is 0 Å². The van der Waals surface area contributed by atoms with Crippen molar-refractivity contribution >= 4 is 17.5 Å². The average Bonchev–Trinajstić information content (AvgIpc) is 2.63. The van der Waals surface area contributed by atoms with Crippen LogP contribution in [-0.2, 0) is 9.59 Å². The fourth-order valence-electron chi connectivity index (χ4n) is 3.39. The van der Waals surface area contributed by atoms with E-state index in [2.05, 4.69) is 5.32 Å². The van der Waals surface area contributed by atoms with Gasteiger partial charge in [-0.15, -0.1) is 0 Å². The molecule has 0 radical (unpaired) electrons. The van der Waals surface area contributed by atoms with Crippen LogP contribution in [0.2, 0.25) is 0 Å². The minimum absolute atomic E-state index is 0.0423. The number of carbonyl (C=O) groups excluding carboxylic acids is 2. The van der Waals surface area contributed by atoms with Crippen molar-refractivity contribution in [1.82, 2.24) is 4.90 Å². The van der Waals surface area contributed by atoms with Crippen molar-refractivity contribution < 1.29 is 14.3 Å². The Morgan fingerprint density at radius 2 is 1.84 bits per heavy atom. The zero-order valence-electron chi connectivity index (χ0n) is 15.4. The van der Waals surface area contributed by atoms with Crippen LogP contribution >= 0.6 is 0 Å². The zero-order chi connectivity index (χ0) is 18.1. The van der Waals surface area contributed by atoms with Crippen LogP contribution in [0.25, 0.3) is 0 Å².